The van der Waals surface area contributed by atoms with Gasteiger partial charge in [-0.2, -0.15) is 0 Å². The average Bonchev–Trinajstić information content (AvgIpc) is 3.20. The van der Waals surface area contributed by atoms with Crippen molar-refractivity contribution in [3.63, 3.8) is 0 Å². The quantitative estimate of drug-likeness (QED) is 0.796. The third-order valence-corrected chi connectivity index (χ3v) is 6.32. The normalized spacial score (nSPS) is 23.5. The van der Waals surface area contributed by atoms with E-state index in [1.54, 1.807) is 11.0 Å². The van der Waals surface area contributed by atoms with Crippen LogP contribution in [0, 0.1) is 11.8 Å². The van der Waals surface area contributed by atoms with Gasteiger partial charge in [0.2, 0.25) is 11.8 Å². The second-order valence-electron chi connectivity index (χ2n) is 8.06. The van der Waals surface area contributed by atoms with Crippen molar-refractivity contribution in [3.8, 4) is 0 Å². The first-order valence-electron chi connectivity index (χ1n) is 10.0. The predicted octanol–water partition coefficient (Wildman–Crippen LogP) is 1.13. The van der Waals surface area contributed by atoms with Crippen LogP contribution in [0.15, 0.2) is 17.5 Å². The molecule has 1 N–H and O–H groups in total. The molecule has 1 aromatic heterocycles. The van der Waals surface area contributed by atoms with Gasteiger partial charge in [-0.25, -0.2) is 0 Å². The van der Waals surface area contributed by atoms with Crippen LogP contribution < -0.4 is 5.32 Å². The van der Waals surface area contributed by atoms with E-state index < -0.39 is 0 Å². The number of nitrogens with one attached hydrogen (secondary N) is 1. The fraction of sp³-hybridized carbons (Fsp3) is 0.650. The molecule has 0 aliphatic carbocycles. The highest BCUT2D eigenvalue weighted by Gasteiger charge is 2.28. The zero-order valence-corrected chi connectivity index (χ0v) is 17.5. The molecule has 0 bridgehead atoms. The van der Waals surface area contributed by atoms with Gasteiger partial charge in [0, 0.05) is 39.3 Å². The minimum atomic E-state index is -0.211. The van der Waals surface area contributed by atoms with Crippen molar-refractivity contribution >= 4 is 29.1 Å². The number of hydrogen-bond donors (Lipinski definition) is 1. The Morgan fingerprint density at radius 3 is 2.32 bits per heavy atom. The number of piperazine rings is 1. The fourth-order valence-electron chi connectivity index (χ4n) is 4.08. The maximum atomic E-state index is 12.6. The van der Waals surface area contributed by atoms with Crippen LogP contribution in [0.4, 0.5) is 0 Å². The first-order chi connectivity index (χ1) is 13.4. The van der Waals surface area contributed by atoms with E-state index in [1.165, 1.54) is 17.8 Å². The Morgan fingerprint density at radius 2 is 1.71 bits per heavy atom. The van der Waals surface area contributed by atoms with E-state index in [4.69, 9.17) is 0 Å². The van der Waals surface area contributed by atoms with Gasteiger partial charge in [0.05, 0.1) is 18.0 Å². The van der Waals surface area contributed by atoms with E-state index in [2.05, 4.69) is 24.1 Å². The molecule has 8 heteroatoms. The van der Waals surface area contributed by atoms with E-state index in [1.807, 2.05) is 16.3 Å². The van der Waals surface area contributed by atoms with Gasteiger partial charge >= 0.3 is 0 Å². The first-order valence-corrected chi connectivity index (χ1v) is 10.9. The van der Waals surface area contributed by atoms with E-state index >= 15 is 0 Å². The molecule has 2 atom stereocenters. The van der Waals surface area contributed by atoms with Crippen molar-refractivity contribution in [2.75, 3.05) is 52.4 Å². The Kier molecular flexibility index (Phi) is 7.07. The number of likely N-dealkylation sites (tertiary alicyclic amines) is 1. The summed E-state index contributed by atoms with van der Waals surface area (Å²) in [5.74, 6) is 1.03. The molecule has 2 saturated heterocycles. The first kappa shape index (κ1) is 20.8. The zero-order valence-electron chi connectivity index (χ0n) is 16.7. The van der Waals surface area contributed by atoms with Crippen LogP contribution in [0.25, 0.3) is 0 Å². The number of rotatable bonds is 5. The van der Waals surface area contributed by atoms with Crippen molar-refractivity contribution in [1.29, 1.82) is 0 Å². The van der Waals surface area contributed by atoms with Crippen LogP contribution in [0.1, 0.15) is 29.9 Å². The second-order valence-corrected chi connectivity index (χ2v) is 9.01. The van der Waals surface area contributed by atoms with Crippen LogP contribution in [0.3, 0.4) is 0 Å². The molecule has 0 radical (unpaired) electrons. The molecular formula is C20H30N4O3S. The van der Waals surface area contributed by atoms with E-state index in [-0.39, 0.29) is 24.3 Å². The molecule has 2 aliphatic rings. The Hall–Kier alpha value is -1.93. The number of piperidine rings is 1. The predicted molar refractivity (Wildman–Crippen MR) is 109 cm³/mol. The van der Waals surface area contributed by atoms with Gasteiger partial charge in [0.15, 0.2) is 0 Å². The third kappa shape index (κ3) is 5.54. The molecule has 28 heavy (non-hydrogen) atoms. The molecule has 0 spiro atoms. The number of nitrogens with zero attached hydrogens (tertiary/aromatic N) is 3. The minimum absolute atomic E-state index is 0.0131. The lowest BCUT2D eigenvalue weighted by Gasteiger charge is -2.38. The Balaban J connectivity index is 1.38. The Morgan fingerprint density at radius 1 is 1.04 bits per heavy atom. The minimum Gasteiger partial charge on any atom is -0.342 e. The largest absolute Gasteiger partial charge is 0.342 e. The summed E-state index contributed by atoms with van der Waals surface area (Å²) in [7, 11) is 0. The van der Waals surface area contributed by atoms with Crippen molar-refractivity contribution in [2.24, 2.45) is 11.8 Å². The molecule has 154 valence electrons. The Labute approximate surface area is 170 Å². The lowest BCUT2D eigenvalue weighted by molar-refractivity contribution is -0.136. The highest BCUT2D eigenvalue weighted by atomic mass is 32.1. The standard InChI is InChI=1S/C20H30N4O3S/c1-15-10-16(2)13-24(12-15)19(26)14-22-5-7-23(8-6-22)18(25)11-21-20(27)17-4-3-9-28-17/h3-4,9,15-16H,5-8,10-14H2,1-2H3,(H,21,27). The van der Waals surface area contributed by atoms with Crippen molar-refractivity contribution in [2.45, 2.75) is 20.3 Å². The summed E-state index contributed by atoms with van der Waals surface area (Å²) in [6.45, 7) is 9.12. The number of carbonyl (C=O) groups is 3. The monoisotopic (exact) mass is 406 g/mol. The molecule has 3 heterocycles. The number of hydrogen-bond acceptors (Lipinski definition) is 5. The van der Waals surface area contributed by atoms with Crippen LogP contribution in [-0.2, 0) is 9.59 Å². The smallest absolute Gasteiger partial charge is 0.261 e. The summed E-state index contributed by atoms with van der Waals surface area (Å²) in [5, 5.41) is 4.52. The van der Waals surface area contributed by atoms with Crippen molar-refractivity contribution in [1.82, 2.24) is 20.0 Å². The van der Waals surface area contributed by atoms with Crippen molar-refractivity contribution < 1.29 is 14.4 Å². The molecule has 2 unspecified atom stereocenters. The molecule has 3 amide bonds. The summed E-state index contributed by atoms with van der Waals surface area (Å²) in [6, 6.07) is 3.55. The lowest BCUT2D eigenvalue weighted by atomic mass is 9.92. The summed E-state index contributed by atoms with van der Waals surface area (Å²) >= 11 is 1.36. The van der Waals surface area contributed by atoms with Crippen LogP contribution in [0.2, 0.25) is 0 Å². The molecule has 7 nitrogen and oxygen atoms in total. The number of thiophene rings is 1. The van der Waals surface area contributed by atoms with Crippen LogP contribution in [0.5, 0.6) is 0 Å². The third-order valence-electron chi connectivity index (χ3n) is 5.45. The number of carbonyl (C=O) groups excluding carboxylic acids is 3. The van der Waals surface area contributed by atoms with Crippen LogP contribution >= 0.6 is 11.3 Å². The van der Waals surface area contributed by atoms with Crippen molar-refractivity contribution in [3.05, 3.63) is 22.4 Å². The highest BCUT2D eigenvalue weighted by molar-refractivity contribution is 7.12. The zero-order chi connectivity index (χ0) is 20.1. The topological polar surface area (TPSA) is 73.0 Å². The van der Waals surface area contributed by atoms with Gasteiger partial charge in [-0.15, -0.1) is 11.3 Å². The summed E-state index contributed by atoms with van der Waals surface area (Å²) in [4.78, 5) is 43.4. The molecule has 0 saturated carbocycles. The summed E-state index contributed by atoms with van der Waals surface area (Å²) < 4.78 is 0. The van der Waals surface area contributed by atoms with E-state index in [0.717, 1.165) is 13.1 Å². The van der Waals surface area contributed by atoms with Gasteiger partial charge in [0.25, 0.3) is 5.91 Å². The maximum absolute atomic E-state index is 12.6. The molecule has 2 fully saturated rings. The fourth-order valence-corrected chi connectivity index (χ4v) is 4.72. The molecular weight excluding hydrogens is 376 g/mol. The molecule has 0 aromatic carbocycles. The summed E-state index contributed by atoms with van der Waals surface area (Å²) in [5.41, 5.74) is 0. The van der Waals surface area contributed by atoms with E-state index in [9.17, 15) is 14.4 Å². The molecule has 2 aliphatic heterocycles. The van der Waals surface area contributed by atoms with Gasteiger partial charge < -0.3 is 15.1 Å². The second kappa shape index (κ2) is 9.52. The lowest BCUT2D eigenvalue weighted by Crippen LogP contribution is -2.54. The SMILES string of the molecule is CC1CC(C)CN(C(=O)CN2CCN(C(=O)CNC(=O)c3cccs3)CC2)C1. The summed E-state index contributed by atoms with van der Waals surface area (Å²) in [6.07, 6.45) is 1.19. The average molecular weight is 407 g/mol. The van der Waals surface area contributed by atoms with Gasteiger partial charge in [-0.1, -0.05) is 19.9 Å². The van der Waals surface area contributed by atoms with Crippen LogP contribution in [-0.4, -0.2) is 84.8 Å². The molecule has 1 aromatic rings. The highest BCUT2D eigenvalue weighted by Crippen LogP contribution is 2.21. The molecule has 3 rings (SSSR count). The van der Waals surface area contributed by atoms with Gasteiger partial charge in [0.1, 0.15) is 0 Å². The number of amides is 3. The van der Waals surface area contributed by atoms with E-state index in [0.29, 0.717) is 49.4 Å². The van der Waals surface area contributed by atoms with Gasteiger partial charge in [-0.05, 0) is 29.7 Å². The maximum Gasteiger partial charge on any atom is 0.261 e. The Bertz CT molecular complexity index is 676. The van der Waals surface area contributed by atoms with Gasteiger partial charge in [-0.3, -0.25) is 19.3 Å².